The number of aromatic amines is 1. The fraction of sp³-hybridized carbons (Fsp3) is 0.0625. The molecule has 5 nitrogen and oxygen atoms in total. The number of nitrogens with two attached hydrogens (primary N) is 1. The number of aromatic nitrogens is 2. The minimum atomic E-state index is -4.49. The highest BCUT2D eigenvalue weighted by Crippen LogP contribution is 2.31. The van der Waals surface area contributed by atoms with E-state index in [0.29, 0.717) is 16.7 Å². The van der Waals surface area contributed by atoms with E-state index < -0.39 is 21.9 Å². The van der Waals surface area contributed by atoms with Crippen molar-refractivity contribution in [3.8, 4) is 22.4 Å². The van der Waals surface area contributed by atoms with Crippen LogP contribution in [0, 0.1) is 0 Å². The van der Waals surface area contributed by atoms with Gasteiger partial charge in [-0.1, -0.05) is 36.4 Å². The Bertz CT molecular complexity index is 1010. The van der Waals surface area contributed by atoms with Crippen LogP contribution in [0.2, 0.25) is 0 Å². The highest BCUT2D eigenvalue weighted by Gasteiger charge is 2.33. The number of nitrogens with one attached hydrogen (secondary N) is 1. The second-order valence-electron chi connectivity index (χ2n) is 5.31. The van der Waals surface area contributed by atoms with Crippen LogP contribution >= 0.6 is 0 Å². The third kappa shape index (κ3) is 3.72. The molecule has 0 unspecified atom stereocenters. The second kappa shape index (κ2) is 6.01. The normalized spacial score (nSPS) is 12.3. The number of hydrogen-bond donors (Lipinski definition) is 2. The van der Waals surface area contributed by atoms with E-state index in [1.165, 1.54) is 12.1 Å². The zero-order valence-electron chi connectivity index (χ0n) is 12.6. The summed E-state index contributed by atoms with van der Waals surface area (Å²) in [7, 11) is -3.82. The third-order valence-electron chi connectivity index (χ3n) is 3.56. The molecule has 9 heteroatoms. The minimum Gasteiger partial charge on any atom is -0.273 e. The number of rotatable bonds is 3. The van der Waals surface area contributed by atoms with E-state index >= 15 is 0 Å². The molecular weight excluding hydrogens is 355 g/mol. The fourth-order valence-corrected chi connectivity index (χ4v) is 2.86. The Morgan fingerprint density at radius 1 is 0.920 bits per heavy atom. The molecule has 0 spiro atoms. The van der Waals surface area contributed by atoms with Gasteiger partial charge in [0.25, 0.3) is 0 Å². The number of sulfonamides is 1. The van der Waals surface area contributed by atoms with Crippen LogP contribution in [-0.4, -0.2) is 18.6 Å². The molecule has 0 saturated carbocycles. The van der Waals surface area contributed by atoms with Crippen molar-refractivity contribution < 1.29 is 21.6 Å². The number of alkyl halides is 3. The SMILES string of the molecule is NS(=O)(=O)c1cccc(-c2ccc(-c3cc(C(F)(F)F)[nH]n3)cc2)c1. The minimum absolute atomic E-state index is 0.0174. The standard InChI is InChI=1S/C16H12F3N3O2S/c17-16(18,19)15-9-14(21-22-15)11-6-4-10(5-7-11)12-2-1-3-13(8-12)25(20,23)24/h1-9H,(H,21,22)(H2,20,23,24). The summed E-state index contributed by atoms with van der Waals surface area (Å²) < 4.78 is 60.6. The average Bonchev–Trinajstić information content (AvgIpc) is 3.05. The molecule has 0 bridgehead atoms. The predicted molar refractivity (Wildman–Crippen MR) is 85.8 cm³/mol. The number of primary sulfonamides is 1. The molecule has 0 atom stereocenters. The molecule has 25 heavy (non-hydrogen) atoms. The van der Waals surface area contributed by atoms with Crippen LogP contribution in [0.3, 0.4) is 0 Å². The van der Waals surface area contributed by atoms with Gasteiger partial charge in [0.1, 0.15) is 5.69 Å². The summed E-state index contributed by atoms with van der Waals surface area (Å²) in [4.78, 5) is -0.0174. The Kier molecular flexibility index (Phi) is 4.13. The molecule has 130 valence electrons. The van der Waals surface area contributed by atoms with Crippen LogP contribution in [0.5, 0.6) is 0 Å². The maximum absolute atomic E-state index is 12.6. The molecule has 0 saturated heterocycles. The van der Waals surface area contributed by atoms with Gasteiger partial charge in [0.05, 0.1) is 10.6 Å². The van der Waals surface area contributed by atoms with Crippen LogP contribution in [0.4, 0.5) is 13.2 Å². The quantitative estimate of drug-likeness (QED) is 0.743. The summed E-state index contributed by atoms with van der Waals surface area (Å²) in [6.45, 7) is 0. The van der Waals surface area contributed by atoms with Gasteiger partial charge in [0.15, 0.2) is 0 Å². The van der Waals surface area contributed by atoms with E-state index in [1.54, 1.807) is 36.4 Å². The van der Waals surface area contributed by atoms with Gasteiger partial charge in [-0.3, -0.25) is 5.10 Å². The molecule has 3 rings (SSSR count). The summed E-state index contributed by atoms with van der Waals surface area (Å²) in [6, 6.07) is 13.6. The Labute approximate surface area is 141 Å². The van der Waals surface area contributed by atoms with Gasteiger partial charge < -0.3 is 0 Å². The maximum Gasteiger partial charge on any atom is 0.432 e. The third-order valence-corrected chi connectivity index (χ3v) is 4.47. The van der Waals surface area contributed by atoms with E-state index in [4.69, 9.17) is 5.14 Å². The van der Waals surface area contributed by atoms with Gasteiger partial charge in [0, 0.05) is 5.56 Å². The van der Waals surface area contributed by atoms with Crippen LogP contribution in [0.1, 0.15) is 5.69 Å². The first-order chi connectivity index (χ1) is 11.6. The monoisotopic (exact) mass is 367 g/mol. The summed E-state index contributed by atoms with van der Waals surface area (Å²) >= 11 is 0. The predicted octanol–water partition coefficient (Wildman–Crippen LogP) is 3.41. The summed E-state index contributed by atoms with van der Waals surface area (Å²) in [5, 5.41) is 10.7. The molecule has 0 aliphatic carbocycles. The summed E-state index contributed by atoms with van der Waals surface area (Å²) in [5.74, 6) is 0. The van der Waals surface area contributed by atoms with Gasteiger partial charge >= 0.3 is 6.18 Å². The molecule has 1 aromatic heterocycles. The smallest absolute Gasteiger partial charge is 0.273 e. The van der Waals surface area contributed by atoms with E-state index in [9.17, 15) is 21.6 Å². The Balaban J connectivity index is 1.92. The number of halogens is 3. The largest absolute Gasteiger partial charge is 0.432 e. The van der Waals surface area contributed by atoms with E-state index in [2.05, 4.69) is 5.10 Å². The van der Waals surface area contributed by atoms with E-state index in [1.807, 2.05) is 5.10 Å². The molecule has 3 N–H and O–H groups in total. The highest BCUT2D eigenvalue weighted by atomic mass is 32.2. The molecule has 0 amide bonds. The van der Waals surface area contributed by atoms with Crippen molar-refractivity contribution >= 4 is 10.0 Å². The van der Waals surface area contributed by atoms with Crippen molar-refractivity contribution in [1.29, 1.82) is 0 Å². The van der Waals surface area contributed by atoms with Crippen molar-refractivity contribution in [2.24, 2.45) is 5.14 Å². The number of nitrogens with zero attached hydrogens (tertiary/aromatic N) is 1. The van der Waals surface area contributed by atoms with Gasteiger partial charge in [-0.15, -0.1) is 0 Å². The van der Waals surface area contributed by atoms with Crippen LogP contribution in [0.25, 0.3) is 22.4 Å². The van der Waals surface area contributed by atoms with Crippen molar-refractivity contribution in [3.63, 3.8) is 0 Å². The van der Waals surface area contributed by atoms with Crippen LogP contribution < -0.4 is 5.14 Å². The molecule has 0 fully saturated rings. The number of H-pyrrole nitrogens is 1. The molecule has 0 aliphatic rings. The Morgan fingerprint density at radius 3 is 2.12 bits per heavy atom. The van der Waals surface area contributed by atoms with Crippen LogP contribution in [-0.2, 0) is 16.2 Å². The van der Waals surface area contributed by atoms with Crippen molar-refractivity contribution in [3.05, 3.63) is 60.3 Å². The first kappa shape index (κ1) is 17.2. The molecule has 1 heterocycles. The molecule has 3 aromatic rings. The summed E-state index contributed by atoms with van der Waals surface area (Å²) in [5.41, 5.74) is 1.06. The average molecular weight is 367 g/mol. The lowest BCUT2D eigenvalue weighted by Crippen LogP contribution is -2.11. The maximum atomic E-state index is 12.6. The lowest BCUT2D eigenvalue weighted by atomic mass is 10.0. The van der Waals surface area contributed by atoms with Gasteiger partial charge in [-0.05, 0) is 29.3 Å². The first-order valence-electron chi connectivity index (χ1n) is 7.01. The highest BCUT2D eigenvalue weighted by molar-refractivity contribution is 7.89. The Hall–Kier alpha value is -2.65. The summed E-state index contributed by atoms with van der Waals surface area (Å²) in [6.07, 6.45) is -4.49. The van der Waals surface area contributed by atoms with Gasteiger partial charge in [-0.25, -0.2) is 13.6 Å². The first-order valence-corrected chi connectivity index (χ1v) is 8.55. The molecule has 2 aromatic carbocycles. The zero-order chi connectivity index (χ0) is 18.2. The van der Waals surface area contributed by atoms with Crippen LogP contribution in [0.15, 0.2) is 59.5 Å². The second-order valence-corrected chi connectivity index (χ2v) is 6.88. The van der Waals surface area contributed by atoms with Crippen molar-refractivity contribution in [2.75, 3.05) is 0 Å². The molecule has 0 aliphatic heterocycles. The van der Waals surface area contributed by atoms with Gasteiger partial charge in [0.2, 0.25) is 10.0 Å². The molecular formula is C16H12F3N3O2S. The van der Waals surface area contributed by atoms with Crippen molar-refractivity contribution in [2.45, 2.75) is 11.1 Å². The lowest BCUT2D eigenvalue weighted by molar-refractivity contribution is -0.141. The molecule has 0 radical (unpaired) electrons. The number of benzene rings is 2. The van der Waals surface area contributed by atoms with Crippen molar-refractivity contribution in [1.82, 2.24) is 10.2 Å². The van der Waals surface area contributed by atoms with E-state index in [-0.39, 0.29) is 10.6 Å². The lowest BCUT2D eigenvalue weighted by Gasteiger charge is -2.05. The van der Waals surface area contributed by atoms with E-state index in [0.717, 1.165) is 6.07 Å². The zero-order valence-corrected chi connectivity index (χ0v) is 13.4. The topological polar surface area (TPSA) is 88.8 Å². The Morgan fingerprint density at radius 2 is 1.56 bits per heavy atom. The van der Waals surface area contributed by atoms with Gasteiger partial charge in [-0.2, -0.15) is 18.3 Å². The number of hydrogen-bond acceptors (Lipinski definition) is 3. The fourth-order valence-electron chi connectivity index (χ4n) is 2.30.